The minimum absolute atomic E-state index is 0.0869. The number of carbonyl (C=O) groups is 1. The van der Waals surface area contributed by atoms with Crippen LogP contribution < -0.4 is 0 Å². The van der Waals surface area contributed by atoms with Crippen LogP contribution in [0.25, 0.3) is 0 Å². The van der Waals surface area contributed by atoms with Gasteiger partial charge in [0.15, 0.2) is 12.6 Å². The highest BCUT2D eigenvalue weighted by molar-refractivity contribution is 5.56. The smallest absolute Gasteiger partial charge is 0.224 e. The number of hydrogen-bond acceptors (Lipinski definition) is 16. The average Bonchev–Trinajstić information content (AvgIpc) is 3.08. The number of aliphatic hydroxyl groups is 12. The normalized spacial score (nSPS) is 41.6. The lowest BCUT2D eigenvalue weighted by Gasteiger charge is -2.43. The number of rotatable bonds is 9. The Labute approximate surface area is 187 Å². The minimum Gasteiger partial charge on any atom is -0.394 e. The Morgan fingerprint density at radius 2 is 1.42 bits per heavy atom. The molecule has 2 heterocycles. The zero-order valence-electron chi connectivity index (χ0n) is 17.3. The van der Waals surface area contributed by atoms with Crippen molar-refractivity contribution in [2.75, 3.05) is 26.4 Å². The SMILES string of the molecule is O=C[C@H](O)C(O)[C@H](O)CO.OC[C@H]1O[C@@](CO)(O[C@H]2O[C@H](CO)[C@@H](O)[C@H](O)[C@H]2O)[C@@H](O)[C@@H]1O. The molecule has 12 N–H and O–H groups in total. The van der Waals surface area contributed by atoms with Gasteiger partial charge in [-0.2, -0.15) is 0 Å². The molecule has 16 nitrogen and oxygen atoms in total. The lowest BCUT2D eigenvalue weighted by atomic mass is 9.99. The van der Waals surface area contributed by atoms with Crippen LogP contribution >= 0.6 is 0 Å². The summed E-state index contributed by atoms with van der Waals surface area (Å²) in [6.07, 6.45) is -17.3. The van der Waals surface area contributed by atoms with Crippen molar-refractivity contribution in [3.05, 3.63) is 0 Å². The molecule has 196 valence electrons. The van der Waals surface area contributed by atoms with Crippen LogP contribution in [0.3, 0.4) is 0 Å². The van der Waals surface area contributed by atoms with Crippen LogP contribution in [0.4, 0.5) is 0 Å². The Bertz CT molecular complexity index is 579. The summed E-state index contributed by atoms with van der Waals surface area (Å²) in [5.41, 5.74) is 0. The molecule has 0 aromatic carbocycles. The molecule has 0 saturated carbocycles. The lowest BCUT2D eigenvalue weighted by Crippen LogP contribution is -2.62. The van der Waals surface area contributed by atoms with E-state index in [0.29, 0.717) is 0 Å². The van der Waals surface area contributed by atoms with Gasteiger partial charge in [-0.1, -0.05) is 0 Å². The van der Waals surface area contributed by atoms with Gasteiger partial charge in [-0.25, -0.2) is 0 Å². The maximum absolute atomic E-state index is 10.00. The standard InChI is InChI=1S/C12H22O11.C5H10O5/c13-1-4-6(16)8(18)9(19)11(21-4)23-12(3-15)10(20)7(17)5(2-14)22-12;6-1-3(8)5(10)4(9)2-7/h4-11,13-20H,1-3H2;1,3-5,7-10H,2H2/t4-,5-,6-,7-,8+,9-,10+,11-,12+;3-,4+,5?/m10/s1. The van der Waals surface area contributed by atoms with Crippen LogP contribution in [0.1, 0.15) is 0 Å². The zero-order chi connectivity index (χ0) is 25.5. The predicted octanol–water partition coefficient (Wildman–Crippen LogP) is -8.14. The van der Waals surface area contributed by atoms with Crippen molar-refractivity contribution in [3.63, 3.8) is 0 Å². The quantitative estimate of drug-likeness (QED) is 0.133. The van der Waals surface area contributed by atoms with Crippen molar-refractivity contribution in [1.29, 1.82) is 0 Å². The number of aldehydes is 1. The number of hydrogen-bond donors (Lipinski definition) is 12. The third-order valence-corrected chi connectivity index (χ3v) is 5.14. The van der Waals surface area contributed by atoms with Gasteiger partial charge in [0, 0.05) is 0 Å². The molecule has 0 radical (unpaired) electrons. The molecule has 0 spiro atoms. The Hall–Kier alpha value is -0.930. The van der Waals surface area contributed by atoms with Gasteiger partial charge in [0.05, 0.1) is 19.8 Å². The van der Waals surface area contributed by atoms with Gasteiger partial charge in [-0.3, -0.25) is 0 Å². The van der Waals surface area contributed by atoms with Gasteiger partial charge in [0.2, 0.25) is 5.79 Å². The highest BCUT2D eigenvalue weighted by atomic mass is 16.8. The predicted molar refractivity (Wildman–Crippen MR) is 99.8 cm³/mol. The van der Waals surface area contributed by atoms with E-state index in [1.807, 2.05) is 0 Å². The Morgan fingerprint density at radius 1 is 0.848 bits per heavy atom. The summed E-state index contributed by atoms with van der Waals surface area (Å²) in [6, 6.07) is 0. The van der Waals surface area contributed by atoms with E-state index in [0.717, 1.165) is 0 Å². The molecule has 0 aliphatic carbocycles. The summed E-state index contributed by atoms with van der Waals surface area (Å²) in [6.45, 7) is -3.01. The fourth-order valence-electron chi connectivity index (χ4n) is 3.05. The maximum atomic E-state index is 10.00. The largest absolute Gasteiger partial charge is 0.394 e. The van der Waals surface area contributed by atoms with E-state index in [-0.39, 0.29) is 6.29 Å². The third kappa shape index (κ3) is 6.82. The van der Waals surface area contributed by atoms with Gasteiger partial charge in [0.1, 0.15) is 67.6 Å². The number of carbonyl (C=O) groups excluding carboxylic acids is 1. The Balaban J connectivity index is 0.000000461. The second-order valence-electron chi connectivity index (χ2n) is 7.43. The van der Waals surface area contributed by atoms with Crippen molar-refractivity contribution in [1.82, 2.24) is 0 Å². The summed E-state index contributed by atoms with van der Waals surface area (Å²) < 4.78 is 15.4. The first-order valence-electron chi connectivity index (χ1n) is 9.78. The van der Waals surface area contributed by atoms with Crippen LogP contribution in [0.5, 0.6) is 0 Å². The molecule has 12 atom stereocenters. The minimum atomic E-state index is -2.22. The second kappa shape index (κ2) is 13.2. The summed E-state index contributed by atoms with van der Waals surface area (Å²) in [4.78, 5) is 9.76. The first-order valence-corrected chi connectivity index (χ1v) is 9.78. The van der Waals surface area contributed by atoms with Crippen molar-refractivity contribution >= 4 is 6.29 Å². The van der Waals surface area contributed by atoms with Crippen LogP contribution in [0, 0.1) is 0 Å². The lowest BCUT2D eigenvalue weighted by molar-refractivity contribution is -0.383. The molecule has 0 aromatic heterocycles. The Morgan fingerprint density at radius 3 is 1.85 bits per heavy atom. The van der Waals surface area contributed by atoms with Gasteiger partial charge in [-0.05, 0) is 0 Å². The maximum Gasteiger partial charge on any atom is 0.224 e. The molecule has 1 unspecified atom stereocenters. The van der Waals surface area contributed by atoms with Crippen LogP contribution in [0.2, 0.25) is 0 Å². The van der Waals surface area contributed by atoms with Crippen molar-refractivity contribution in [2.45, 2.75) is 73.1 Å². The van der Waals surface area contributed by atoms with Gasteiger partial charge >= 0.3 is 0 Å². The molecule has 2 rings (SSSR count). The molecule has 0 aromatic rings. The van der Waals surface area contributed by atoms with E-state index in [9.17, 15) is 35.4 Å². The first kappa shape index (κ1) is 30.1. The molecule has 16 heteroatoms. The van der Waals surface area contributed by atoms with Crippen molar-refractivity contribution < 1.29 is 80.3 Å². The average molecular weight is 492 g/mol. The summed E-state index contributed by atoms with van der Waals surface area (Å²) in [7, 11) is 0. The molecule has 2 saturated heterocycles. The molecule has 0 bridgehead atoms. The zero-order valence-corrected chi connectivity index (χ0v) is 17.3. The molecule has 2 aliphatic heterocycles. The van der Waals surface area contributed by atoms with E-state index >= 15 is 0 Å². The van der Waals surface area contributed by atoms with Gasteiger partial charge < -0.3 is 80.3 Å². The highest BCUT2D eigenvalue weighted by Gasteiger charge is 2.58. The molecule has 33 heavy (non-hydrogen) atoms. The summed E-state index contributed by atoms with van der Waals surface area (Å²) in [5.74, 6) is -2.22. The topological polar surface area (TPSA) is 288 Å². The van der Waals surface area contributed by atoms with Gasteiger partial charge in [-0.15, -0.1) is 0 Å². The van der Waals surface area contributed by atoms with Crippen LogP contribution in [-0.4, -0.2) is 167 Å². The van der Waals surface area contributed by atoms with Crippen molar-refractivity contribution in [2.24, 2.45) is 0 Å². The summed E-state index contributed by atoms with van der Waals surface area (Å²) in [5, 5.41) is 111. The van der Waals surface area contributed by atoms with E-state index in [4.69, 9.17) is 44.8 Å². The van der Waals surface area contributed by atoms with E-state index in [2.05, 4.69) is 0 Å². The van der Waals surface area contributed by atoms with E-state index < -0.39 is 99.5 Å². The molecular weight excluding hydrogens is 460 g/mol. The van der Waals surface area contributed by atoms with Crippen molar-refractivity contribution in [3.8, 4) is 0 Å². The van der Waals surface area contributed by atoms with E-state index in [1.54, 1.807) is 0 Å². The molecular formula is C17H32O16. The summed E-state index contributed by atoms with van der Waals surface area (Å²) >= 11 is 0. The molecule has 2 aliphatic rings. The first-order chi connectivity index (χ1) is 15.4. The molecule has 0 amide bonds. The van der Waals surface area contributed by atoms with E-state index in [1.165, 1.54) is 0 Å². The van der Waals surface area contributed by atoms with Crippen LogP contribution in [-0.2, 0) is 19.0 Å². The number of ether oxygens (including phenoxy) is 3. The number of aliphatic hydroxyl groups excluding tert-OH is 12. The fraction of sp³-hybridized carbons (Fsp3) is 0.941. The molecule has 2 fully saturated rings. The second-order valence-corrected chi connectivity index (χ2v) is 7.43. The fourth-order valence-corrected chi connectivity index (χ4v) is 3.05. The Kier molecular flexibility index (Phi) is 12.1. The van der Waals surface area contributed by atoms with Crippen LogP contribution in [0.15, 0.2) is 0 Å². The highest BCUT2D eigenvalue weighted by Crippen LogP contribution is 2.35. The third-order valence-electron chi connectivity index (χ3n) is 5.14. The van der Waals surface area contributed by atoms with Gasteiger partial charge in [0.25, 0.3) is 0 Å². The monoisotopic (exact) mass is 492 g/mol.